The summed E-state index contributed by atoms with van der Waals surface area (Å²) in [4.78, 5) is 31.5. The molecule has 0 saturated carbocycles. The number of piperidine rings is 1. The Morgan fingerprint density at radius 1 is 1.30 bits per heavy atom. The molecule has 9 nitrogen and oxygen atoms in total. The van der Waals surface area contributed by atoms with E-state index in [1.807, 2.05) is 6.07 Å². The molecule has 0 bridgehead atoms. The molecule has 2 amide bonds. The van der Waals surface area contributed by atoms with E-state index in [2.05, 4.69) is 31.2 Å². The first-order chi connectivity index (χ1) is 13.0. The summed E-state index contributed by atoms with van der Waals surface area (Å²) in [6.07, 6.45) is 3.44. The predicted molar refractivity (Wildman–Crippen MR) is 104 cm³/mol. The van der Waals surface area contributed by atoms with Gasteiger partial charge in [-0.2, -0.15) is 4.98 Å². The molecule has 9 heteroatoms. The fourth-order valence-corrected chi connectivity index (χ4v) is 2.91. The number of nitrogens with two attached hydrogens (primary N) is 1. The number of hydrogen-bond acceptors (Lipinski definition) is 7. The number of nitrogens with one attached hydrogen (secondary N) is 4. The van der Waals surface area contributed by atoms with Crippen LogP contribution in [0.5, 0.6) is 0 Å². The number of benzene rings is 1. The molecule has 1 aromatic heterocycles. The van der Waals surface area contributed by atoms with E-state index in [-0.39, 0.29) is 17.5 Å². The Labute approximate surface area is 157 Å². The van der Waals surface area contributed by atoms with Gasteiger partial charge < -0.3 is 27.0 Å². The quantitative estimate of drug-likeness (QED) is 0.520. The van der Waals surface area contributed by atoms with Crippen LogP contribution in [0.15, 0.2) is 30.5 Å². The van der Waals surface area contributed by atoms with Gasteiger partial charge in [0.05, 0.1) is 5.56 Å². The second kappa shape index (κ2) is 8.45. The summed E-state index contributed by atoms with van der Waals surface area (Å²) >= 11 is 0. The average molecular weight is 369 g/mol. The van der Waals surface area contributed by atoms with Crippen molar-refractivity contribution in [3.05, 3.63) is 36.0 Å². The lowest BCUT2D eigenvalue weighted by Crippen LogP contribution is -2.39. The molecule has 1 aromatic carbocycles. The van der Waals surface area contributed by atoms with Crippen LogP contribution in [-0.4, -0.2) is 40.9 Å². The Kier molecular flexibility index (Phi) is 5.82. The van der Waals surface area contributed by atoms with E-state index in [1.54, 1.807) is 18.2 Å². The number of carbonyl (C=O) groups excluding carboxylic acids is 2. The Morgan fingerprint density at radius 3 is 2.81 bits per heavy atom. The van der Waals surface area contributed by atoms with Crippen LogP contribution in [0.3, 0.4) is 0 Å². The van der Waals surface area contributed by atoms with E-state index >= 15 is 0 Å². The number of amides is 2. The SMILES string of the molecule is CC(=O)Nc1cccc(Nc2ncc(C(N)=O)c(N[C@H]3CCCNC3)n2)c1. The number of aromatic nitrogens is 2. The van der Waals surface area contributed by atoms with Crippen LogP contribution in [0.25, 0.3) is 0 Å². The third-order valence-corrected chi connectivity index (χ3v) is 4.13. The van der Waals surface area contributed by atoms with Crippen molar-refractivity contribution in [2.24, 2.45) is 5.73 Å². The summed E-state index contributed by atoms with van der Waals surface area (Å²) in [5, 5.41) is 12.4. The molecular weight excluding hydrogens is 346 g/mol. The zero-order chi connectivity index (χ0) is 19.2. The molecule has 2 aromatic rings. The molecular formula is C18H23N7O2. The summed E-state index contributed by atoms with van der Waals surface area (Å²) in [5.74, 6) is 0.000206. The van der Waals surface area contributed by atoms with Crippen molar-refractivity contribution < 1.29 is 9.59 Å². The van der Waals surface area contributed by atoms with Gasteiger partial charge in [0.1, 0.15) is 5.82 Å². The van der Waals surface area contributed by atoms with Gasteiger partial charge in [0.25, 0.3) is 5.91 Å². The van der Waals surface area contributed by atoms with Gasteiger partial charge >= 0.3 is 0 Å². The second-order valence-electron chi connectivity index (χ2n) is 6.39. The highest BCUT2D eigenvalue weighted by Crippen LogP contribution is 2.21. The third kappa shape index (κ3) is 5.14. The topological polar surface area (TPSA) is 134 Å². The van der Waals surface area contributed by atoms with Crippen LogP contribution in [0.4, 0.5) is 23.1 Å². The van der Waals surface area contributed by atoms with Gasteiger partial charge in [-0.25, -0.2) is 4.98 Å². The molecule has 2 heterocycles. The molecule has 142 valence electrons. The highest BCUT2D eigenvalue weighted by Gasteiger charge is 2.18. The maximum atomic E-state index is 11.7. The maximum Gasteiger partial charge on any atom is 0.254 e. The van der Waals surface area contributed by atoms with Crippen molar-refractivity contribution in [2.75, 3.05) is 29.0 Å². The molecule has 1 atom stereocenters. The lowest BCUT2D eigenvalue weighted by Gasteiger charge is -2.25. The normalized spacial score (nSPS) is 16.4. The van der Waals surface area contributed by atoms with Crippen LogP contribution < -0.4 is 27.0 Å². The highest BCUT2D eigenvalue weighted by molar-refractivity contribution is 5.97. The first kappa shape index (κ1) is 18.6. The largest absolute Gasteiger partial charge is 0.365 e. The van der Waals surface area contributed by atoms with E-state index in [0.717, 1.165) is 25.9 Å². The van der Waals surface area contributed by atoms with Crippen LogP contribution in [0.2, 0.25) is 0 Å². The van der Waals surface area contributed by atoms with Crippen molar-refractivity contribution in [3.63, 3.8) is 0 Å². The van der Waals surface area contributed by atoms with Crippen LogP contribution in [0, 0.1) is 0 Å². The summed E-state index contributed by atoms with van der Waals surface area (Å²) in [6, 6.07) is 7.35. The van der Waals surface area contributed by atoms with E-state index in [9.17, 15) is 9.59 Å². The first-order valence-corrected chi connectivity index (χ1v) is 8.80. The fraction of sp³-hybridized carbons (Fsp3) is 0.333. The molecule has 1 saturated heterocycles. The molecule has 6 N–H and O–H groups in total. The minimum absolute atomic E-state index is 0.151. The number of carbonyl (C=O) groups is 2. The monoisotopic (exact) mass is 369 g/mol. The van der Waals surface area contributed by atoms with Gasteiger partial charge in [0, 0.05) is 37.1 Å². The highest BCUT2D eigenvalue weighted by atomic mass is 16.1. The van der Waals surface area contributed by atoms with Crippen molar-refractivity contribution in [1.29, 1.82) is 0 Å². The number of nitrogens with zero attached hydrogens (tertiary/aromatic N) is 2. The molecule has 0 radical (unpaired) electrons. The molecule has 0 aliphatic carbocycles. The van der Waals surface area contributed by atoms with Crippen LogP contribution >= 0.6 is 0 Å². The van der Waals surface area contributed by atoms with Gasteiger partial charge in [0.2, 0.25) is 11.9 Å². The van der Waals surface area contributed by atoms with Gasteiger partial charge in [-0.05, 0) is 37.6 Å². The zero-order valence-electron chi connectivity index (χ0n) is 15.1. The standard InChI is InChI=1S/C18H23N7O2/c1-11(26)22-12-4-2-5-13(8-12)24-18-21-10-15(16(19)27)17(25-18)23-14-6-3-7-20-9-14/h2,4-5,8,10,14,20H,3,6-7,9H2,1H3,(H2,19,27)(H,22,26)(H2,21,23,24,25)/t14-/m0/s1. The molecule has 0 spiro atoms. The van der Waals surface area contributed by atoms with Gasteiger partial charge in [-0.3, -0.25) is 9.59 Å². The average Bonchev–Trinajstić information content (AvgIpc) is 2.62. The maximum absolute atomic E-state index is 11.7. The summed E-state index contributed by atoms with van der Waals surface area (Å²) in [5.41, 5.74) is 7.07. The van der Waals surface area contributed by atoms with Crippen molar-refractivity contribution in [1.82, 2.24) is 15.3 Å². The lowest BCUT2D eigenvalue weighted by atomic mass is 10.1. The van der Waals surface area contributed by atoms with Crippen LogP contribution in [0.1, 0.15) is 30.1 Å². The lowest BCUT2D eigenvalue weighted by molar-refractivity contribution is -0.114. The Morgan fingerprint density at radius 2 is 2.11 bits per heavy atom. The molecule has 3 rings (SSSR count). The molecule has 1 fully saturated rings. The minimum Gasteiger partial charge on any atom is -0.365 e. The van der Waals surface area contributed by atoms with E-state index in [4.69, 9.17) is 5.73 Å². The van der Waals surface area contributed by atoms with E-state index < -0.39 is 5.91 Å². The Bertz CT molecular complexity index is 834. The fourth-order valence-electron chi connectivity index (χ4n) is 2.91. The van der Waals surface area contributed by atoms with Crippen molar-refractivity contribution >= 4 is 35.0 Å². The first-order valence-electron chi connectivity index (χ1n) is 8.80. The van der Waals surface area contributed by atoms with Gasteiger partial charge in [-0.1, -0.05) is 6.07 Å². The summed E-state index contributed by atoms with van der Waals surface area (Å²) in [7, 11) is 0. The number of primary amides is 1. The molecule has 1 aliphatic heterocycles. The van der Waals surface area contributed by atoms with E-state index in [0.29, 0.717) is 23.1 Å². The number of anilines is 4. The summed E-state index contributed by atoms with van der Waals surface area (Å²) < 4.78 is 0. The number of rotatable bonds is 6. The minimum atomic E-state index is -0.583. The van der Waals surface area contributed by atoms with E-state index in [1.165, 1.54) is 13.1 Å². The van der Waals surface area contributed by atoms with Gasteiger partial charge in [-0.15, -0.1) is 0 Å². The predicted octanol–water partition coefficient (Wildman–Crippen LogP) is 1.44. The Balaban J connectivity index is 1.80. The van der Waals surface area contributed by atoms with Crippen LogP contribution in [-0.2, 0) is 4.79 Å². The van der Waals surface area contributed by atoms with Crippen molar-refractivity contribution in [3.8, 4) is 0 Å². The Hall–Kier alpha value is -3.20. The molecule has 1 aliphatic rings. The summed E-state index contributed by atoms with van der Waals surface area (Å²) in [6.45, 7) is 3.23. The van der Waals surface area contributed by atoms with Crippen molar-refractivity contribution in [2.45, 2.75) is 25.8 Å². The third-order valence-electron chi connectivity index (χ3n) is 4.13. The number of hydrogen-bond donors (Lipinski definition) is 5. The molecule has 0 unspecified atom stereocenters. The molecule has 27 heavy (non-hydrogen) atoms. The second-order valence-corrected chi connectivity index (χ2v) is 6.39. The smallest absolute Gasteiger partial charge is 0.254 e. The van der Waals surface area contributed by atoms with Gasteiger partial charge in [0.15, 0.2) is 0 Å². The zero-order valence-corrected chi connectivity index (χ0v) is 15.1.